The molecule has 18 heavy (non-hydrogen) atoms. The van der Waals surface area contributed by atoms with Crippen molar-refractivity contribution in [3.63, 3.8) is 0 Å². The zero-order valence-corrected chi connectivity index (χ0v) is 11.4. The molecule has 1 aliphatic rings. The molecule has 1 fully saturated rings. The maximum atomic E-state index is 11.3. The molecule has 0 bridgehead atoms. The first kappa shape index (κ1) is 13.3. The zero-order valence-electron chi connectivity index (χ0n) is 9.85. The monoisotopic (exact) mass is 291 g/mol. The number of aromatic nitrogens is 3. The van der Waals surface area contributed by atoms with Gasteiger partial charge < -0.3 is 10.6 Å². The summed E-state index contributed by atoms with van der Waals surface area (Å²) in [6.45, 7) is 0. The number of nitrogens with one attached hydrogen (secondary N) is 2. The van der Waals surface area contributed by atoms with E-state index < -0.39 is 9.84 Å². The number of anilines is 2. The highest BCUT2D eigenvalue weighted by molar-refractivity contribution is 7.91. The van der Waals surface area contributed by atoms with Gasteiger partial charge in [-0.15, -0.1) is 0 Å². The average molecular weight is 292 g/mol. The Morgan fingerprint density at radius 1 is 1.17 bits per heavy atom. The molecule has 9 heteroatoms. The van der Waals surface area contributed by atoms with E-state index in [9.17, 15) is 8.42 Å². The fourth-order valence-electron chi connectivity index (χ4n) is 1.74. The van der Waals surface area contributed by atoms with E-state index in [0.29, 0.717) is 24.7 Å². The summed E-state index contributed by atoms with van der Waals surface area (Å²) in [7, 11) is -1.18. The van der Waals surface area contributed by atoms with Gasteiger partial charge in [0.05, 0.1) is 11.5 Å². The fourth-order valence-corrected chi connectivity index (χ4v) is 3.39. The number of hydrogen-bond acceptors (Lipinski definition) is 7. The summed E-state index contributed by atoms with van der Waals surface area (Å²) in [6, 6.07) is 0.0525. The third kappa shape index (κ3) is 3.42. The van der Waals surface area contributed by atoms with E-state index >= 15 is 0 Å². The smallest absolute Gasteiger partial charge is 0.229 e. The number of halogens is 1. The summed E-state index contributed by atoms with van der Waals surface area (Å²) in [5.41, 5.74) is 0. The molecule has 0 saturated carbocycles. The molecular formula is C9H14ClN5O2S. The predicted molar refractivity (Wildman–Crippen MR) is 69.7 cm³/mol. The highest BCUT2D eigenvalue weighted by Crippen LogP contribution is 2.17. The molecule has 100 valence electrons. The summed E-state index contributed by atoms with van der Waals surface area (Å²) < 4.78 is 22.6. The minimum atomic E-state index is -2.86. The second-order valence-electron chi connectivity index (χ2n) is 4.07. The Morgan fingerprint density at radius 3 is 2.39 bits per heavy atom. The van der Waals surface area contributed by atoms with Crippen LogP contribution in [0.1, 0.15) is 12.8 Å². The third-order valence-corrected chi connectivity index (χ3v) is 4.60. The van der Waals surface area contributed by atoms with Crippen LogP contribution in [0.2, 0.25) is 5.28 Å². The first-order valence-electron chi connectivity index (χ1n) is 5.55. The van der Waals surface area contributed by atoms with Crippen LogP contribution >= 0.6 is 11.6 Å². The molecule has 0 radical (unpaired) electrons. The minimum absolute atomic E-state index is 0.0525. The van der Waals surface area contributed by atoms with Crippen LogP contribution in [0, 0.1) is 0 Å². The van der Waals surface area contributed by atoms with Crippen LogP contribution in [0.25, 0.3) is 0 Å². The molecule has 1 saturated heterocycles. The van der Waals surface area contributed by atoms with Crippen LogP contribution < -0.4 is 10.6 Å². The largest absolute Gasteiger partial charge is 0.357 e. The van der Waals surface area contributed by atoms with E-state index in [4.69, 9.17) is 11.6 Å². The Labute approximate surface area is 110 Å². The van der Waals surface area contributed by atoms with Gasteiger partial charge in [-0.3, -0.25) is 0 Å². The standard InChI is InChI=1S/C9H14ClN5O2S/c1-11-8-13-7(10)14-9(15-8)12-6-2-4-18(16,17)5-3-6/h6H,2-5H2,1H3,(H2,11,12,13,14,15). The summed E-state index contributed by atoms with van der Waals surface area (Å²) in [5, 5.41) is 5.96. The van der Waals surface area contributed by atoms with Crippen molar-refractivity contribution in [1.29, 1.82) is 0 Å². The van der Waals surface area contributed by atoms with Gasteiger partial charge in [0.2, 0.25) is 17.2 Å². The first-order valence-corrected chi connectivity index (χ1v) is 7.75. The molecule has 0 spiro atoms. The van der Waals surface area contributed by atoms with Crippen LogP contribution in [0.15, 0.2) is 0 Å². The van der Waals surface area contributed by atoms with Crippen LogP contribution in [0.3, 0.4) is 0 Å². The lowest BCUT2D eigenvalue weighted by molar-refractivity contribution is 0.558. The van der Waals surface area contributed by atoms with Gasteiger partial charge in [-0.05, 0) is 24.4 Å². The van der Waals surface area contributed by atoms with E-state index in [1.807, 2.05) is 0 Å². The lowest BCUT2D eigenvalue weighted by Crippen LogP contribution is -2.32. The molecule has 2 heterocycles. The van der Waals surface area contributed by atoms with Gasteiger partial charge in [-0.25, -0.2) is 8.42 Å². The van der Waals surface area contributed by atoms with Crippen molar-refractivity contribution in [2.24, 2.45) is 0 Å². The number of nitrogens with zero attached hydrogens (tertiary/aromatic N) is 3. The normalized spacial score (nSPS) is 19.4. The lowest BCUT2D eigenvalue weighted by Gasteiger charge is -2.22. The zero-order chi connectivity index (χ0) is 13.2. The second kappa shape index (κ2) is 5.23. The Balaban J connectivity index is 2.04. The Morgan fingerprint density at radius 2 is 1.78 bits per heavy atom. The molecule has 0 aliphatic carbocycles. The maximum Gasteiger partial charge on any atom is 0.229 e. The van der Waals surface area contributed by atoms with E-state index in [2.05, 4.69) is 25.6 Å². The number of sulfone groups is 1. The topological polar surface area (TPSA) is 96.9 Å². The van der Waals surface area contributed by atoms with Crippen molar-refractivity contribution in [3.8, 4) is 0 Å². The van der Waals surface area contributed by atoms with Gasteiger partial charge in [-0.1, -0.05) is 0 Å². The van der Waals surface area contributed by atoms with E-state index in [1.54, 1.807) is 7.05 Å². The lowest BCUT2D eigenvalue weighted by atomic mass is 10.2. The second-order valence-corrected chi connectivity index (χ2v) is 6.71. The van der Waals surface area contributed by atoms with Crippen molar-refractivity contribution >= 4 is 33.3 Å². The van der Waals surface area contributed by atoms with Crippen LogP contribution in [-0.2, 0) is 9.84 Å². The van der Waals surface area contributed by atoms with Crippen LogP contribution in [0.4, 0.5) is 11.9 Å². The quantitative estimate of drug-likeness (QED) is 0.839. The summed E-state index contributed by atoms with van der Waals surface area (Å²) in [4.78, 5) is 11.9. The highest BCUT2D eigenvalue weighted by atomic mass is 35.5. The first-order chi connectivity index (χ1) is 8.48. The third-order valence-electron chi connectivity index (χ3n) is 2.72. The fraction of sp³-hybridized carbons (Fsp3) is 0.667. The number of hydrogen-bond donors (Lipinski definition) is 2. The van der Waals surface area contributed by atoms with Gasteiger partial charge in [0.25, 0.3) is 0 Å². The SMILES string of the molecule is CNc1nc(Cl)nc(NC2CCS(=O)(=O)CC2)n1. The molecule has 0 atom stereocenters. The van der Waals surface area contributed by atoms with Crippen molar-refractivity contribution in [3.05, 3.63) is 5.28 Å². The Bertz CT molecular complexity index is 522. The van der Waals surface area contributed by atoms with Crippen LogP contribution in [0.5, 0.6) is 0 Å². The van der Waals surface area contributed by atoms with Gasteiger partial charge in [0.15, 0.2) is 0 Å². The molecule has 0 aromatic carbocycles. The molecule has 2 N–H and O–H groups in total. The van der Waals surface area contributed by atoms with Gasteiger partial charge in [-0.2, -0.15) is 15.0 Å². The molecule has 7 nitrogen and oxygen atoms in total. The Kier molecular flexibility index (Phi) is 3.86. The summed E-state index contributed by atoms with van der Waals surface area (Å²) >= 11 is 5.75. The van der Waals surface area contributed by atoms with Crippen molar-refractivity contribution in [2.45, 2.75) is 18.9 Å². The summed E-state index contributed by atoms with van der Waals surface area (Å²) in [5.74, 6) is 1.13. The Hall–Kier alpha value is -1.15. The molecule has 0 unspecified atom stereocenters. The van der Waals surface area contributed by atoms with Gasteiger partial charge >= 0.3 is 0 Å². The minimum Gasteiger partial charge on any atom is -0.357 e. The van der Waals surface area contributed by atoms with Crippen LogP contribution in [-0.4, -0.2) is 48.0 Å². The molecule has 0 amide bonds. The molecule has 1 aliphatic heterocycles. The van der Waals surface area contributed by atoms with Crippen molar-refractivity contribution < 1.29 is 8.42 Å². The van der Waals surface area contributed by atoms with E-state index in [-0.39, 0.29) is 22.8 Å². The van der Waals surface area contributed by atoms with Gasteiger partial charge in [0.1, 0.15) is 9.84 Å². The highest BCUT2D eigenvalue weighted by Gasteiger charge is 2.24. The molecule has 1 aromatic rings. The van der Waals surface area contributed by atoms with Crippen molar-refractivity contribution in [2.75, 3.05) is 29.2 Å². The number of rotatable bonds is 3. The van der Waals surface area contributed by atoms with E-state index in [1.165, 1.54) is 0 Å². The average Bonchev–Trinajstić information content (AvgIpc) is 2.31. The van der Waals surface area contributed by atoms with Gasteiger partial charge in [0, 0.05) is 13.1 Å². The van der Waals surface area contributed by atoms with E-state index in [0.717, 1.165) is 0 Å². The van der Waals surface area contributed by atoms with Crippen molar-refractivity contribution in [1.82, 2.24) is 15.0 Å². The molecule has 1 aromatic heterocycles. The predicted octanol–water partition coefficient (Wildman–Crippen LogP) is 0.556. The molecule has 2 rings (SSSR count). The summed E-state index contributed by atoms with van der Waals surface area (Å²) in [6.07, 6.45) is 1.11. The molecular weight excluding hydrogens is 278 g/mol. The maximum absolute atomic E-state index is 11.3.